The van der Waals surface area contributed by atoms with Gasteiger partial charge in [0.15, 0.2) is 5.16 Å². The highest BCUT2D eigenvalue weighted by atomic mass is 35.5. The Bertz CT molecular complexity index is 1210. The summed E-state index contributed by atoms with van der Waals surface area (Å²) in [6.07, 6.45) is -0.142. The molecule has 2 amide bonds. The zero-order chi connectivity index (χ0) is 22.7. The zero-order valence-electron chi connectivity index (χ0n) is 17.0. The van der Waals surface area contributed by atoms with Crippen LogP contribution in [0.1, 0.15) is 23.5 Å². The Balaban J connectivity index is 1.54. The van der Waals surface area contributed by atoms with Crippen LogP contribution in [0.2, 0.25) is 5.02 Å². The monoisotopic (exact) mass is 470 g/mol. The fourth-order valence-electron chi connectivity index (χ4n) is 3.28. The summed E-state index contributed by atoms with van der Waals surface area (Å²) in [7, 11) is 1.55. The number of H-pyrrole nitrogens is 1. The minimum Gasteiger partial charge on any atom is -0.497 e. The quantitative estimate of drug-likeness (QED) is 0.373. The van der Waals surface area contributed by atoms with Crippen molar-refractivity contribution in [3.05, 3.63) is 75.0 Å². The van der Waals surface area contributed by atoms with Crippen LogP contribution in [0.15, 0.2) is 58.5 Å². The lowest BCUT2D eigenvalue weighted by atomic mass is 9.92. The van der Waals surface area contributed by atoms with E-state index in [1.54, 1.807) is 43.5 Å². The summed E-state index contributed by atoms with van der Waals surface area (Å²) in [4.78, 5) is 45.0. The van der Waals surface area contributed by atoms with Crippen molar-refractivity contribution >= 4 is 46.7 Å². The van der Waals surface area contributed by atoms with E-state index in [2.05, 4.69) is 20.6 Å². The molecular weight excluding hydrogens is 452 g/mol. The highest BCUT2D eigenvalue weighted by Gasteiger charge is 2.34. The molecule has 2 heterocycles. The Labute approximate surface area is 192 Å². The molecule has 1 atom stereocenters. The van der Waals surface area contributed by atoms with Gasteiger partial charge in [0.2, 0.25) is 11.8 Å². The number of rotatable bonds is 6. The smallest absolute Gasteiger partial charge is 0.257 e. The van der Waals surface area contributed by atoms with Crippen LogP contribution in [0.5, 0.6) is 5.75 Å². The van der Waals surface area contributed by atoms with Crippen LogP contribution in [0.25, 0.3) is 0 Å². The molecule has 4 rings (SSSR count). The molecule has 2 aromatic carbocycles. The molecule has 0 bridgehead atoms. The maximum absolute atomic E-state index is 12.9. The van der Waals surface area contributed by atoms with Crippen molar-refractivity contribution in [2.75, 3.05) is 17.7 Å². The molecule has 0 aliphatic carbocycles. The third-order valence-corrected chi connectivity index (χ3v) is 6.09. The first-order valence-electron chi connectivity index (χ1n) is 9.69. The topological polar surface area (TPSA) is 113 Å². The number of thioether (sulfide) groups is 1. The molecule has 10 heteroatoms. The van der Waals surface area contributed by atoms with Crippen LogP contribution in [-0.4, -0.2) is 28.9 Å². The molecule has 3 N–H and O–H groups in total. The minimum atomic E-state index is -0.951. The second-order valence-electron chi connectivity index (χ2n) is 7.07. The fraction of sp³-hybridized carbons (Fsp3) is 0.182. The molecule has 32 heavy (non-hydrogen) atoms. The first kappa shape index (κ1) is 21.9. The van der Waals surface area contributed by atoms with Crippen LogP contribution < -0.4 is 20.9 Å². The largest absolute Gasteiger partial charge is 0.497 e. The van der Waals surface area contributed by atoms with Gasteiger partial charge >= 0.3 is 0 Å². The average molecular weight is 471 g/mol. The lowest BCUT2D eigenvalue weighted by Crippen LogP contribution is -2.36. The summed E-state index contributed by atoms with van der Waals surface area (Å²) in [6.45, 7) is 0. The maximum Gasteiger partial charge on any atom is 0.257 e. The van der Waals surface area contributed by atoms with Gasteiger partial charge in [0.1, 0.15) is 11.6 Å². The van der Waals surface area contributed by atoms with Crippen molar-refractivity contribution in [1.29, 1.82) is 0 Å². The standard InChI is InChI=1S/C22H19ClN4O4S/c1-31-15-8-6-14(7-9-15)24-20(29)16-10-17(28)25-19-18(16)21(30)27-22(26-19)32-11-12-2-4-13(23)5-3-12/h2-9,16H,10-11H2,1H3,(H,24,29)(H2,25,26,27,28,30)/t16-/m0/s1. The number of halogens is 1. The van der Waals surface area contributed by atoms with Crippen molar-refractivity contribution in [3.8, 4) is 5.75 Å². The number of hydrogen-bond donors (Lipinski definition) is 3. The van der Waals surface area contributed by atoms with Gasteiger partial charge in [-0.3, -0.25) is 14.4 Å². The molecule has 164 valence electrons. The normalized spacial score (nSPS) is 14.9. The molecule has 0 radical (unpaired) electrons. The van der Waals surface area contributed by atoms with E-state index in [1.165, 1.54) is 11.8 Å². The molecule has 0 saturated carbocycles. The maximum atomic E-state index is 12.9. The van der Waals surface area contributed by atoms with Crippen molar-refractivity contribution < 1.29 is 14.3 Å². The summed E-state index contributed by atoms with van der Waals surface area (Å²) < 4.78 is 5.10. The summed E-state index contributed by atoms with van der Waals surface area (Å²) in [5, 5.41) is 6.35. The Hall–Kier alpha value is -3.30. The third kappa shape index (κ3) is 4.95. The van der Waals surface area contributed by atoms with Gasteiger partial charge in [0, 0.05) is 22.9 Å². The van der Waals surface area contributed by atoms with Gasteiger partial charge in [-0.25, -0.2) is 4.98 Å². The number of aromatic nitrogens is 2. The van der Waals surface area contributed by atoms with Gasteiger partial charge in [-0.1, -0.05) is 35.5 Å². The summed E-state index contributed by atoms with van der Waals surface area (Å²) in [5.74, 6) is -0.478. The first-order chi connectivity index (χ1) is 15.4. The molecule has 0 fully saturated rings. The van der Waals surface area contributed by atoms with E-state index < -0.39 is 17.4 Å². The molecule has 8 nitrogen and oxygen atoms in total. The van der Waals surface area contributed by atoms with E-state index >= 15 is 0 Å². The zero-order valence-corrected chi connectivity index (χ0v) is 18.5. The minimum absolute atomic E-state index is 0.110. The first-order valence-corrected chi connectivity index (χ1v) is 11.1. The number of ether oxygens (including phenoxy) is 1. The number of amides is 2. The Morgan fingerprint density at radius 3 is 2.59 bits per heavy atom. The Morgan fingerprint density at radius 2 is 1.91 bits per heavy atom. The fourth-order valence-corrected chi connectivity index (χ4v) is 4.22. The number of nitrogens with one attached hydrogen (secondary N) is 3. The van der Waals surface area contributed by atoms with Crippen molar-refractivity contribution in [1.82, 2.24) is 9.97 Å². The van der Waals surface area contributed by atoms with Gasteiger partial charge in [0.25, 0.3) is 5.56 Å². The molecule has 1 aliphatic heterocycles. The second-order valence-corrected chi connectivity index (χ2v) is 8.47. The summed E-state index contributed by atoms with van der Waals surface area (Å²) >= 11 is 7.21. The van der Waals surface area contributed by atoms with Crippen molar-refractivity contribution in [2.24, 2.45) is 0 Å². The molecule has 1 aliphatic rings. The number of methoxy groups -OCH3 is 1. The molecular formula is C22H19ClN4O4S. The number of carbonyl (C=O) groups excluding carboxylic acids is 2. The lowest BCUT2D eigenvalue weighted by Gasteiger charge is -2.23. The second kappa shape index (κ2) is 9.46. The van der Waals surface area contributed by atoms with Crippen LogP contribution in [0, 0.1) is 0 Å². The number of anilines is 2. The highest BCUT2D eigenvalue weighted by molar-refractivity contribution is 7.98. The van der Waals surface area contributed by atoms with Crippen LogP contribution in [0.4, 0.5) is 11.5 Å². The summed E-state index contributed by atoms with van der Waals surface area (Å²) in [6, 6.07) is 14.1. The van der Waals surface area contributed by atoms with Crippen LogP contribution >= 0.6 is 23.4 Å². The predicted octanol–water partition coefficient (Wildman–Crippen LogP) is 3.79. The van der Waals surface area contributed by atoms with Gasteiger partial charge in [0.05, 0.1) is 18.6 Å². The molecule has 3 aromatic rings. The van der Waals surface area contributed by atoms with Crippen molar-refractivity contribution in [3.63, 3.8) is 0 Å². The van der Waals surface area contributed by atoms with Gasteiger partial charge in [-0.05, 0) is 42.0 Å². The molecule has 0 unspecified atom stereocenters. The third-order valence-electron chi connectivity index (χ3n) is 4.89. The van der Waals surface area contributed by atoms with E-state index in [-0.39, 0.29) is 23.7 Å². The number of benzene rings is 2. The van der Waals surface area contributed by atoms with Crippen LogP contribution in [-0.2, 0) is 15.3 Å². The van der Waals surface area contributed by atoms with E-state index in [1.807, 2.05) is 12.1 Å². The Morgan fingerprint density at radius 1 is 1.19 bits per heavy atom. The van der Waals surface area contributed by atoms with E-state index in [0.717, 1.165) is 5.56 Å². The predicted molar refractivity (Wildman–Crippen MR) is 123 cm³/mol. The van der Waals surface area contributed by atoms with E-state index in [9.17, 15) is 14.4 Å². The molecule has 0 saturated heterocycles. The SMILES string of the molecule is COc1ccc(NC(=O)[C@H]2CC(=O)Nc3nc(SCc4ccc(Cl)cc4)[nH]c(=O)c32)cc1. The van der Waals surface area contributed by atoms with Gasteiger partial charge < -0.3 is 20.4 Å². The molecule has 0 spiro atoms. The lowest BCUT2D eigenvalue weighted by molar-refractivity contribution is -0.123. The highest BCUT2D eigenvalue weighted by Crippen LogP contribution is 2.31. The number of nitrogens with zero attached hydrogens (tertiary/aromatic N) is 1. The summed E-state index contributed by atoms with van der Waals surface area (Å²) in [5.41, 5.74) is 1.22. The van der Waals surface area contributed by atoms with Crippen LogP contribution in [0.3, 0.4) is 0 Å². The number of fused-ring (bicyclic) bond motifs is 1. The number of carbonyl (C=O) groups is 2. The van der Waals surface area contributed by atoms with E-state index in [4.69, 9.17) is 16.3 Å². The Kier molecular flexibility index (Phi) is 6.48. The number of aromatic amines is 1. The average Bonchev–Trinajstić information content (AvgIpc) is 2.78. The van der Waals surface area contributed by atoms with Crippen molar-refractivity contribution in [2.45, 2.75) is 23.2 Å². The molecule has 1 aromatic heterocycles. The van der Waals surface area contributed by atoms with E-state index in [0.29, 0.717) is 27.4 Å². The number of hydrogen-bond acceptors (Lipinski definition) is 6. The van der Waals surface area contributed by atoms with Gasteiger partial charge in [-0.15, -0.1) is 0 Å². The van der Waals surface area contributed by atoms with Gasteiger partial charge in [-0.2, -0.15) is 0 Å².